The molecule has 92 valence electrons. The molecule has 1 aliphatic carbocycles. The summed E-state index contributed by atoms with van der Waals surface area (Å²) in [6.07, 6.45) is 2.22. The Balaban J connectivity index is 2.00. The lowest BCUT2D eigenvalue weighted by molar-refractivity contribution is 0.0944. The molecule has 1 aliphatic rings. The second kappa shape index (κ2) is 4.56. The molecule has 1 aromatic rings. The van der Waals surface area contributed by atoms with Gasteiger partial charge in [-0.3, -0.25) is 4.79 Å². The van der Waals surface area contributed by atoms with Gasteiger partial charge in [-0.15, -0.1) is 0 Å². The van der Waals surface area contributed by atoms with Gasteiger partial charge in [0, 0.05) is 17.9 Å². The molecule has 3 N–H and O–H groups in total. The van der Waals surface area contributed by atoms with E-state index in [-0.39, 0.29) is 28.4 Å². The first-order chi connectivity index (χ1) is 8.06. The topological polar surface area (TPSA) is 69.6 Å². The van der Waals surface area contributed by atoms with E-state index < -0.39 is 0 Å². The SMILES string of the molecule is O=C(NCC1(CBr)CC1)c1ccc(O)cc1O. The predicted molar refractivity (Wildman–Crippen MR) is 67.6 cm³/mol. The number of benzene rings is 1. The lowest BCUT2D eigenvalue weighted by atomic mass is 10.1. The molecule has 0 radical (unpaired) electrons. The van der Waals surface area contributed by atoms with E-state index in [4.69, 9.17) is 5.11 Å². The number of alkyl halides is 1. The fraction of sp³-hybridized carbons (Fsp3) is 0.417. The number of nitrogens with one attached hydrogen (secondary N) is 1. The van der Waals surface area contributed by atoms with Crippen molar-refractivity contribution in [1.82, 2.24) is 5.32 Å². The van der Waals surface area contributed by atoms with Crippen molar-refractivity contribution in [3.05, 3.63) is 23.8 Å². The summed E-state index contributed by atoms with van der Waals surface area (Å²) < 4.78 is 0. The molecule has 0 heterocycles. The molecule has 0 bridgehead atoms. The molecule has 0 atom stereocenters. The van der Waals surface area contributed by atoms with Crippen molar-refractivity contribution in [1.29, 1.82) is 0 Å². The van der Waals surface area contributed by atoms with Gasteiger partial charge in [0.2, 0.25) is 0 Å². The first-order valence-electron chi connectivity index (χ1n) is 5.42. The Bertz CT molecular complexity index is 443. The Morgan fingerprint density at radius 3 is 2.65 bits per heavy atom. The summed E-state index contributed by atoms with van der Waals surface area (Å²) in [5, 5.41) is 22.3. The van der Waals surface area contributed by atoms with E-state index in [1.165, 1.54) is 12.1 Å². The quantitative estimate of drug-likeness (QED) is 0.745. The molecule has 5 heteroatoms. The fourth-order valence-electron chi connectivity index (χ4n) is 1.61. The van der Waals surface area contributed by atoms with Gasteiger partial charge in [0.25, 0.3) is 5.91 Å². The number of aromatic hydroxyl groups is 2. The first-order valence-corrected chi connectivity index (χ1v) is 6.55. The maximum absolute atomic E-state index is 11.8. The number of carbonyl (C=O) groups excluding carboxylic acids is 1. The van der Waals surface area contributed by atoms with E-state index in [0.29, 0.717) is 6.54 Å². The molecule has 0 aliphatic heterocycles. The van der Waals surface area contributed by atoms with Gasteiger partial charge in [-0.05, 0) is 30.4 Å². The Morgan fingerprint density at radius 1 is 1.41 bits per heavy atom. The van der Waals surface area contributed by atoms with Gasteiger partial charge in [0.1, 0.15) is 11.5 Å². The van der Waals surface area contributed by atoms with Crippen LogP contribution in [0.5, 0.6) is 11.5 Å². The number of phenolic OH excluding ortho intramolecular Hbond substituents is 2. The summed E-state index contributed by atoms with van der Waals surface area (Å²) >= 11 is 3.43. The predicted octanol–water partition coefficient (Wildman–Crippen LogP) is 2.00. The lowest BCUT2D eigenvalue weighted by Crippen LogP contribution is -2.30. The highest BCUT2D eigenvalue weighted by molar-refractivity contribution is 9.09. The fourth-order valence-corrected chi connectivity index (χ4v) is 2.37. The highest BCUT2D eigenvalue weighted by atomic mass is 79.9. The maximum Gasteiger partial charge on any atom is 0.255 e. The van der Waals surface area contributed by atoms with Crippen LogP contribution < -0.4 is 5.32 Å². The van der Waals surface area contributed by atoms with Gasteiger partial charge in [0.05, 0.1) is 5.56 Å². The Morgan fingerprint density at radius 2 is 2.12 bits per heavy atom. The zero-order chi connectivity index (χ0) is 12.5. The summed E-state index contributed by atoms with van der Waals surface area (Å²) in [6, 6.07) is 3.95. The molecule has 1 saturated carbocycles. The molecule has 0 aromatic heterocycles. The van der Waals surface area contributed by atoms with Gasteiger partial charge < -0.3 is 15.5 Å². The third-order valence-electron chi connectivity index (χ3n) is 3.09. The Hall–Kier alpha value is -1.23. The summed E-state index contributed by atoms with van der Waals surface area (Å²) in [5.41, 5.74) is 0.385. The molecule has 0 saturated heterocycles. The van der Waals surface area contributed by atoms with Crippen LogP contribution in [0.1, 0.15) is 23.2 Å². The summed E-state index contributed by atoms with van der Waals surface area (Å²) in [4.78, 5) is 11.8. The van der Waals surface area contributed by atoms with Crippen LogP contribution in [0.2, 0.25) is 0 Å². The second-order valence-electron chi connectivity index (χ2n) is 4.52. The van der Waals surface area contributed by atoms with Gasteiger partial charge in [-0.2, -0.15) is 0 Å². The number of hydrogen-bond donors (Lipinski definition) is 3. The van der Waals surface area contributed by atoms with Crippen molar-refractivity contribution in [2.75, 3.05) is 11.9 Å². The minimum absolute atomic E-state index is 0.0572. The average Bonchev–Trinajstić information content (AvgIpc) is 3.07. The van der Waals surface area contributed by atoms with Gasteiger partial charge in [0.15, 0.2) is 0 Å². The van der Waals surface area contributed by atoms with Gasteiger partial charge >= 0.3 is 0 Å². The van der Waals surface area contributed by atoms with E-state index in [1.54, 1.807) is 0 Å². The molecule has 1 aromatic carbocycles. The van der Waals surface area contributed by atoms with E-state index in [9.17, 15) is 9.90 Å². The minimum atomic E-state index is -0.310. The van der Waals surface area contributed by atoms with Crippen molar-refractivity contribution in [3.63, 3.8) is 0 Å². The number of phenols is 2. The standard InChI is InChI=1S/C12H14BrNO3/c13-6-12(3-4-12)7-14-11(17)9-2-1-8(15)5-10(9)16/h1-2,5,15-16H,3-4,6-7H2,(H,14,17). The largest absolute Gasteiger partial charge is 0.508 e. The summed E-state index contributed by atoms with van der Waals surface area (Å²) in [5.74, 6) is -0.570. The molecule has 0 unspecified atom stereocenters. The average molecular weight is 300 g/mol. The van der Waals surface area contributed by atoms with Crippen LogP contribution in [0, 0.1) is 5.41 Å². The number of carbonyl (C=O) groups is 1. The molecule has 17 heavy (non-hydrogen) atoms. The van der Waals surface area contributed by atoms with Crippen LogP contribution in [0.15, 0.2) is 18.2 Å². The highest BCUT2D eigenvalue weighted by Crippen LogP contribution is 2.46. The van der Waals surface area contributed by atoms with Gasteiger partial charge in [-0.1, -0.05) is 15.9 Å². The van der Waals surface area contributed by atoms with Crippen LogP contribution in [0.25, 0.3) is 0 Å². The van der Waals surface area contributed by atoms with Gasteiger partial charge in [-0.25, -0.2) is 0 Å². The number of rotatable bonds is 4. The molecular formula is C12H14BrNO3. The number of halogens is 1. The summed E-state index contributed by atoms with van der Waals surface area (Å²) in [7, 11) is 0. The zero-order valence-corrected chi connectivity index (χ0v) is 10.8. The molecule has 4 nitrogen and oxygen atoms in total. The number of hydrogen-bond acceptors (Lipinski definition) is 3. The van der Waals surface area contributed by atoms with E-state index in [1.807, 2.05) is 0 Å². The zero-order valence-electron chi connectivity index (χ0n) is 9.24. The lowest BCUT2D eigenvalue weighted by Gasteiger charge is -2.13. The monoisotopic (exact) mass is 299 g/mol. The van der Waals surface area contributed by atoms with Crippen molar-refractivity contribution in [2.45, 2.75) is 12.8 Å². The van der Waals surface area contributed by atoms with Crippen molar-refractivity contribution in [3.8, 4) is 11.5 Å². The third-order valence-corrected chi connectivity index (χ3v) is 4.28. The Kier molecular flexibility index (Phi) is 3.28. The molecule has 1 fully saturated rings. The van der Waals surface area contributed by atoms with Crippen LogP contribution in [-0.4, -0.2) is 28.0 Å². The normalized spacial score (nSPS) is 16.5. The third kappa shape index (κ3) is 2.72. The molecule has 1 amide bonds. The number of amides is 1. The molecular weight excluding hydrogens is 286 g/mol. The van der Waals surface area contributed by atoms with Crippen LogP contribution in [0.4, 0.5) is 0 Å². The van der Waals surface area contributed by atoms with Crippen molar-refractivity contribution in [2.24, 2.45) is 5.41 Å². The smallest absolute Gasteiger partial charge is 0.255 e. The van der Waals surface area contributed by atoms with Crippen LogP contribution in [-0.2, 0) is 0 Å². The van der Waals surface area contributed by atoms with E-state index >= 15 is 0 Å². The first kappa shape index (κ1) is 12.2. The minimum Gasteiger partial charge on any atom is -0.508 e. The second-order valence-corrected chi connectivity index (χ2v) is 5.08. The van der Waals surface area contributed by atoms with E-state index in [2.05, 4.69) is 21.2 Å². The van der Waals surface area contributed by atoms with Crippen LogP contribution >= 0.6 is 15.9 Å². The highest BCUT2D eigenvalue weighted by Gasteiger charge is 2.41. The van der Waals surface area contributed by atoms with Crippen molar-refractivity contribution < 1.29 is 15.0 Å². The molecule has 0 spiro atoms. The maximum atomic E-state index is 11.8. The van der Waals surface area contributed by atoms with Crippen LogP contribution in [0.3, 0.4) is 0 Å². The molecule has 2 rings (SSSR count). The summed E-state index contributed by atoms with van der Waals surface area (Å²) in [6.45, 7) is 0.609. The van der Waals surface area contributed by atoms with Crippen molar-refractivity contribution >= 4 is 21.8 Å². The van der Waals surface area contributed by atoms with E-state index in [0.717, 1.165) is 24.2 Å². The Labute approximate surface area is 108 Å².